The second-order valence-electron chi connectivity index (χ2n) is 7.14. The number of carboxylic acid groups (broad SMARTS) is 1. The van der Waals surface area contributed by atoms with Gasteiger partial charge in [-0.3, -0.25) is 14.2 Å². The van der Waals surface area contributed by atoms with Gasteiger partial charge in [-0.1, -0.05) is 31.2 Å². The van der Waals surface area contributed by atoms with Crippen molar-refractivity contribution in [2.24, 2.45) is 0 Å². The van der Waals surface area contributed by atoms with E-state index in [1.54, 1.807) is 4.90 Å². The Morgan fingerprint density at radius 2 is 2.00 bits per heavy atom. The number of hydrogen-bond donors (Lipinski definition) is 1. The molecule has 0 spiro atoms. The van der Waals surface area contributed by atoms with Crippen molar-refractivity contribution in [3.63, 3.8) is 0 Å². The maximum atomic E-state index is 13.1. The van der Waals surface area contributed by atoms with Crippen molar-refractivity contribution in [2.75, 3.05) is 6.54 Å². The number of nitrogens with zero attached hydrogens (tertiary/aromatic N) is 3. The van der Waals surface area contributed by atoms with Crippen LogP contribution in [0.25, 0.3) is 10.2 Å². The van der Waals surface area contributed by atoms with Crippen LogP contribution in [0.15, 0.2) is 34.4 Å². The van der Waals surface area contributed by atoms with Crippen LogP contribution in [-0.4, -0.2) is 38.0 Å². The molecule has 3 aromatic rings. The summed E-state index contributed by atoms with van der Waals surface area (Å²) in [5.74, 6) is -0.800. The van der Waals surface area contributed by atoms with E-state index in [4.69, 9.17) is 0 Å². The number of benzene rings is 1. The van der Waals surface area contributed by atoms with Gasteiger partial charge in [0.05, 0.1) is 10.9 Å². The van der Waals surface area contributed by atoms with Gasteiger partial charge in [-0.05, 0) is 24.0 Å². The van der Waals surface area contributed by atoms with Crippen LogP contribution in [0.5, 0.6) is 0 Å². The summed E-state index contributed by atoms with van der Waals surface area (Å²) in [5.41, 5.74) is 1.85. The summed E-state index contributed by atoms with van der Waals surface area (Å²) in [7, 11) is 0. The van der Waals surface area contributed by atoms with E-state index in [1.165, 1.54) is 15.5 Å². The molecule has 0 radical (unpaired) electrons. The van der Waals surface area contributed by atoms with Crippen LogP contribution in [-0.2, 0) is 30.7 Å². The van der Waals surface area contributed by atoms with Crippen molar-refractivity contribution in [1.82, 2.24) is 14.5 Å². The molecule has 3 heterocycles. The first kappa shape index (κ1) is 19.3. The Balaban J connectivity index is 1.69. The zero-order chi connectivity index (χ0) is 20.5. The quantitative estimate of drug-likeness (QED) is 0.697. The second kappa shape index (κ2) is 7.79. The number of rotatable bonds is 5. The molecular formula is C21H21N3O4S. The van der Waals surface area contributed by atoms with Crippen molar-refractivity contribution in [3.05, 3.63) is 62.5 Å². The monoisotopic (exact) mass is 411 g/mol. The lowest BCUT2D eigenvalue weighted by molar-refractivity contribution is -0.132. The first-order valence-electron chi connectivity index (χ1n) is 9.58. The fourth-order valence-corrected chi connectivity index (χ4v) is 4.67. The average molecular weight is 411 g/mol. The van der Waals surface area contributed by atoms with Crippen LogP contribution < -0.4 is 5.56 Å². The summed E-state index contributed by atoms with van der Waals surface area (Å²) >= 11 is 1.14. The highest BCUT2D eigenvalue weighted by Crippen LogP contribution is 2.23. The van der Waals surface area contributed by atoms with E-state index >= 15 is 0 Å². The lowest BCUT2D eigenvalue weighted by Crippen LogP contribution is -2.40. The van der Waals surface area contributed by atoms with E-state index in [9.17, 15) is 19.5 Å². The van der Waals surface area contributed by atoms with E-state index in [0.717, 1.165) is 29.7 Å². The summed E-state index contributed by atoms with van der Waals surface area (Å²) in [4.78, 5) is 44.3. The summed E-state index contributed by atoms with van der Waals surface area (Å²) in [5, 5.41) is 10.9. The Hall–Kier alpha value is -3.00. The molecule has 0 atom stereocenters. The Bertz CT molecular complexity index is 1160. The molecule has 0 bridgehead atoms. The van der Waals surface area contributed by atoms with Crippen LogP contribution in [0.3, 0.4) is 0 Å². The summed E-state index contributed by atoms with van der Waals surface area (Å²) in [6, 6.07) is 8.04. The molecule has 0 aliphatic carbocycles. The standard InChI is InChI=1S/C21H21N3O4S/c1-2-5-16-22-19-18(15(12-29-19)21(27)28)20(26)24(16)11-17(25)23-9-8-13-6-3-4-7-14(13)10-23/h3-4,6-7,12H,2,5,8-11H2,1H3,(H,27,28). The SMILES string of the molecule is CCCc1nc2scc(C(=O)O)c2c(=O)n1CC(=O)N1CCc2ccccc2C1. The highest BCUT2D eigenvalue weighted by Gasteiger charge is 2.24. The predicted octanol–water partition coefficient (Wildman–Crippen LogP) is 2.69. The van der Waals surface area contributed by atoms with Gasteiger partial charge in [-0.2, -0.15) is 0 Å². The van der Waals surface area contributed by atoms with E-state index in [2.05, 4.69) is 11.1 Å². The fourth-order valence-electron chi connectivity index (χ4n) is 3.75. The molecule has 4 rings (SSSR count). The third kappa shape index (κ3) is 3.55. The number of carbonyl (C=O) groups excluding carboxylic acids is 1. The number of fused-ring (bicyclic) bond motifs is 2. The van der Waals surface area contributed by atoms with Crippen LogP contribution in [0.4, 0.5) is 0 Å². The molecule has 1 N–H and O–H groups in total. The number of amides is 1. The molecule has 0 saturated carbocycles. The normalized spacial score (nSPS) is 13.5. The summed E-state index contributed by atoms with van der Waals surface area (Å²) in [6.45, 7) is 2.96. The minimum absolute atomic E-state index is 0.0568. The largest absolute Gasteiger partial charge is 0.478 e. The number of aromatic nitrogens is 2. The van der Waals surface area contributed by atoms with Crippen LogP contribution in [0.1, 0.15) is 40.7 Å². The maximum absolute atomic E-state index is 13.1. The molecule has 1 aliphatic rings. The topological polar surface area (TPSA) is 92.5 Å². The Morgan fingerprint density at radius 3 is 2.72 bits per heavy atom. The first-order valence-corrected chi connectivity index (χ1v) is 10.5. The van der Waals surface area contributed by atoms with Gasteiger partial charge < -0.3 is 10.0 Å². The molecule has 7 nitrogen and oxygen atoms in total. The van der Waals surface area contributed by atoms with Crippen molar-refractivity contribution in [1.29, 1.82) is 0 Å². The third-order valence-electron chi connectivity index (χ3n) is 5.25. The van der Waals surface area contributed by atoms with Gasteiger partial charge >= 0.3 is 5.97 Å². The molecule has 29 heavy (non-hydrogen) atoms. The average Bonchev–Trinajstić information content (AvgIpc) is 3.15. The number of carbonyl (C=O) groups is 2. The zero-order valence-electron chi connectivity index (χ0n) is 16.1. The van der Waals surface area contributed by atoms with Crippen LogP contribution in [0, 0.1) is 0 Å². The van der Waals surface area contributed by atoms with Crippen molar-refractivity contribution < 1.29 is 14.7 Å². The number of thiophene rings is 1. The van der Waals surface area contributed by atoms with Gasteiger partial charge in [0.15, 0.2) is 0 Å². The van der Waals surface area contributed by atoms with E-state index in [0.29, 0.717) is 30.2 Å². The Morgan fingerprint density at radius 1 is 1.24 bits per heavy atom. The molecular weight excluding hydrogens is 390 g/mol. The maximum Gasteiger partial charge on any atom is 0.337 e. The molecule has 0 fully saturated rings. The first-order chi connectivity index (χ1) is 14.0. The van der Waals surface area contributed by atoms with Gasteiger partial charge in [0.2, 0.25) is 5.91 Å². The van der Waals surface area contributed by atoms with Gasteiger partial charge in [-0.25, -0.2) is 9.78 Å². The number of aryl methyl sites for hydroxylation is 1. The molecule has 2 aromatic heterocycles. The fraction of sp³-hybridized carbons (Fsp3) is 0.333. The molecule has 8 heteroatoms. The van der Waals surface area contributed by atoms with Crippen LogP contribution >= 0.6 is 11.3 Å². The Labute approximate surface area is 171 Å². The van der Waals surface area contributed by atoms with Gasteiger partial charge in [0, 0.05) is 24.9 Å². The second-order valence-corrected chi connectivity index (χ2v) is 8.00. The molecule has 0 unspecified atom stereocenters. The van der Waals surface area contributed by atoms with Gasteiger partial charge in [-0.15, -0.1) is 11.3 Å². The van der Waals surface area contributed by atoms with Gasteiger partial charge in [0.1, 0.15) is 17.2 Å². The zero-order valence-corrected chi connectivity index (χ0v) is 16.9. The number of carboxylic acids is 1. The third-order valence-corrected chi connectivity index (χ3v) is 6.13. The number of aromatic carboxylic acids is 1. The van der Waals surface area contributed by atoms with Crippen LogP contribution in [0.2, 0.25) is 0 Å². The molecule has 1 amide bonds. The minimum atomic E-state index is -1.16. The molecule has 0 saturated heterocycles. The van der Waals surface area contributed by atoms with Gasteiger partial charge in [0.25, 0.3) is 5.56 Å². The lowest BCUT2D eigenvalue weighted by Gasteiger charge is -2.29. The molecule has 1 aromatic carbocycles. The lowest BCUT2D eigenvalue weighted by atomic mass is 10.00. The van der Waals surface area contributed by atoms with Crippen molar-refractivity contribution >= 4 is 33.4 Å². The molecule has 1 aliphatic heterocycles. The van der Waals surface area contributed by atoms with E-state index in [1.807, 2.05) is 25.1 Å². The summed E-state index contributed by atoms with van der Waals surface area (Å²) in [6.07, 6.45) is 2.09. The minimum Gasteiger partial charge on any atom is -0.478 e. The van der Waals surface area contributed by atoms with E-state index in [-0.39, 0.29) is 23.4 Å². The molecule has 150 valence electrons. The smallest absolute Gasteiger partial charge is 0.337 e. The highest BCUT2D eigenvalue weighted by atomic mass is 32.1. The highest BCUT2D eigenvalue weighted by molar-refractivity contribution is 7.17. The number of hydrogen-bond acceptors (Lipinski definition) is 5. The van der Waals surface area contributed by atoms with E-state index < -0.39 is 11.5 Å². The Kier molecular flexibility index (Phi) is 5.19. The van der Waals surface area contributed by atoms with Crippen molar-refractivity contribution in [2.45, 2.75) is 39.3 Å². The van der Waals surface area contributed by atoms with Crippen molar-refractivity contribution in [3.8, 4) is 0 Å². The summed E-state index contributed by atoms with van der Waals surface area (Å²) < 4.78 is 1.35. The predicted molar refractivity (Wildman–Crippen MR) is 110 cm³/mol.